The normalized spacial score (nSPS) is 18.2. The lowest BCUT2D eigenvalue weighted by Gasteiger charge is -2.29. The maximum absolute atomic E-state index is 13.6. The quantitative estimate of drug-likeness (QED) is 0.277. The van der Waals surface area contributed by atoms with Crippen LogP contribution in [0, 0.1) is 5.82 Å². The van der Waals surface area contributed by atoms with Crippen LogP contribution in [0.4, 0.5) is 23.2 Å². The molecule has 0 spiro atoms. The lowest BCUT2D eigenvalue weighted by molar-refractivity contribution is -0.137. The molecule has 34 heavy (non-hydrogen) atoms. The molecule has 4 aromatic rings. The van der Waals surface area contributed by atoms with Crippen LogP contribution in [-0.4, -0.2) is 14.7 Å². The second-order valence-electron chi connectivity index (χ2n) is 7.82. The standard InChI is InChI=1S/C25H18F4N4S/c26-17-9-11-18(12-10-17)33-23(22(31-24(33)34)20-7-1-2-13-30-20)21-8-4-14-32(21)19-6-3-5-16(15-19)25(27,28)29/h1-15,22-23H,(H,31,34)/t22-,23+/m0/s1. The Bertz CT molecular complexity index is 1320. The van der Waals surface area contributed by atoms with E-state index in [0.717, 1.165) is 17.8 Å². The van der Waals surface area contributed by atoms with Crippen molar-refractivity contribution in [2.75, 3.05) is 4.90 Å². The summed E-state index contributed by atoms with van der Waals surface area (Å²) in [6.07, 6.45) is -1.08. The zero-order valence-corrected chi connectivity index (χ0v) is 18.4. The molecule has 1 aliphatic heterocycles. The largest absolute Gasteiger partial charge is 0.416 e. The number of halogens is 4. The molecule has 2 aromatic heterocycles. The monoisotopic (exact) mass is 482 g/mol. The molecule has 0 bridgehead atoms. The summed E-state index contributed by atoms with van der Waals surface area (Å²) in [5, 5.41) is 3.70. The van der Waals surface area contributed by atoms with Gasteiger partial charge in [-0.25, -0.2) is 4.39 Å². The van der Waals surface area contributed by atoms with Crippen LogP contribution in [0.5, 0.6) is 0 Å². The third kappa shape index (κ3) is 4.03. The van der Waals surface area contributed by atoms with Gasteiger partial charge < -0.3 is 14.8 Å². The highest BCUT2D eigenvalue weighted by molar-refractivity contribution is 7.80. The number of thiocarbonyl (C=S) groups is 1. The van der Waals surface area contributed by atoms with Crippen LogP contribution in [0.1, 0.15) is 29.0 Å². The molecule has 0 unspecified atom stereocenters. The van der Waals surface area contributed by atoms with E-state index < -0.39 is 23.8 Å². The SMILES string of the molecule is Fc1ccc(N2C(=S)N[C@@H](c3ccccn3)[C@H]2c2cccn2-c2cccc(C(F)(F)F)c2)cc1. The number of hydrogen-bond acceptors (Lipinski definition) is 2. The van der Waals surface area contributed by atoms with Gasteiger partial charge in [-0.3, -0.25) is 4.98 Å². The van der Waals surface area contributed by atoms with E-state index in [0.29, 0.717) is 22.2 Å². The second kappa shape index (κ2) is 8.57. The summed E-state index contributed by atoms with van der Waals surface area (Å²) in [7, 11) is 0. The van der Waals surface area contributed by atoms with Gasteiger partial charge in [-0.2, -0.15) is 13.2 Å². The van der Waals surface area contributed by atoms with Gasteiger partial charge in [0.2, 0.25) is 0 Å². The second-order valence-corrected chi connectivity index (χ2v) is 8.21. The van der Waals surface area contributed by atoms with E-state index in [1.54, 1.807) is 47.3 Å². The molecule has 0 aliphatic carbocycles. The Morgan fingerprint density at radius 2 is 1.68 bits per heavy atom. The first kappa shape index (κ1) is 22.1. The molecule has 0 radical (unpaired) electrons. The first-order valence-electron chi connectivity index (χ1n) is 10.4. The van der Waals surface area contributed by atoms with Crippen molar-refractivity contribution in [2.45, 2.75) is 18.3 Å². The summed E-state index contributed by atoms with van der Waals surface area (Å²) in [5.41, 5.74) is 1.70. The van der Waals surface area contributed by atoms with Crippen LogP contribution in [-0.2, 0) is 6.18 Å². The molecular formula is C25H18F4N4S. The Kier molecular flexibility index (Phi) is 5.57. The van der Waals surface area contributed by atoms with Crippen molar-refractivity contribution in [3.8, 4) is 5.69 Å². The first-order valence-corrected chi connectivity index (χ1v) is 10.8. The van der Waals surface area contributed by atoms with E-state index in [4.69, 9.17) is 12.2 Å². The summed E-state index contributed by atoms with van der Waals surface area (Å²) < 4.78 is 55.5. The average molecular weight is 483 g/mol. The van der Waals surface area contributed by atoms with Crippen molar-refractivity contribution >= 4 is 23.0 Å². The van der Waals surface area contributed by atoms with Gasteiger partial charge in [0.1, 0.15) is 11.9 Å². The zero-order valence-electron chi connectivity index (χ0n) is 17.6. The van der Waals surface area contributed by atoms with Gasteiger partial charge in [0.25, 0.3) is 0 Å². The number of nitrogens with one attached hydrogen (secondary N) is 1. The number of nitrogens with zero attached hydrogens (tertiary/aromatic N) is 3. The molecule has 2 atom stereocenters. The van der Waals surface area contributed by atoms with Gasteiger partial charge in [-0.15, -0.1) is 0 Å². The molecule has 1 fully saturated rings. The predicted octanol–water partition coefficient (Wildman–Crippen LogP) is 6.21. The van der Waals surface area contributed by atoms with Gasteiger partial charge in [-0.05, 0) is 78.9 Å². The van der Waals surface area contributed by atoms with Crippen molar-refractivity contribution in [3.05, 3.63) is 114 Å². The number of aromatic nitrogens is 2. The summed E-state index contributed by atoms with van der Waals surface area (Å²) in [6.45, 7) is 0. The first-order chi connectivity index (χ1) is 16.3. The maximum atomic E-state index is 13.6. The van der Waals surface area contributed by atoms with E-state index in [1.165, 1.54) is 18.2 Å². The molecule has 1 aliphatic rings. The van der Waals surface area contributed by atoms with Gasteiger partial charge in [-0.1, -0.05) is 12.1 Å². The summed E-state index contributed by atoms with van der Waals surface area (Å²) in [6, 6.07) is 19.4. The molecule has 0 amide bonds. The molecule has 3 heterocycles. The van der Waals surface area contributed by atoms with Gasteiger partial charge in [0, 0.05) is 29.5 Å². The van der Waals surface area contributed by atoms with E-state index in [2.05, 4.69) is 10.3 Å². The van der Waals surface area contributed by atoms with E-state index >= 15 is 0 Å². The third-order valence-electron chi connectivity index (χ3n) is 5.74. The number of anilines is 1. The Morgan fingerprint density at radius 3 is 2.38 bits per heavy atom. The topological polar surface area (TPSA) is 33.1 Å². The highest BCUT2D eigenvalue weighted by Gasteiger charge is 2.42. The van der Waals surface area contributed by atoms with Crippen LogP contribution < -0.4 is 10.2 Å². The number of alkyl halides is 3. The smallest absolute Gasteiger partial charge is 0.351 e. The number of pyridine rings is 1. The third-order valence-corrected chi connectivity index (χ3v) is 6.05. The summed E-state index contributed by atoms with van der Waals surface area (Å²) in [5.74, 6) is -0.382. The molecule has 1 saturated heterocycles. The maximum Gasteiger partial charge on any atom is 0.416 e. The van der Waals surface area contributed by atoms with Crippen LogP contribution >= 0.6 is 12.2 Å². The minimum atomic E-state index is -4.46. The number of hydrogen-bond donors (Lipinski definition) is 1. The highest BCUT2D eigenvalue weighted by Crippen LogP contribution is 2.42. The highest BCUT2D eigenvalue weighted by atomic mass is 32.1. The lowest BCUT2D eigenvalue weighted by Crippen LogP contribution is -2.30. The fourth-order valence-electron chi connectivity index (χ4n) is 4.24. The van der Waals surface area contributed by atoms with Crippen LogP contribution in [0.15, 0.2) is 91.3 Å². The number of benzene rings is 2. The van der Waals surface area contributed by atoms with Gasteiger partial charge >= 0.3 is 6.18 Å². The van der Waals surface area contributed by atoms with Crippen molar-refractivity contribution < 1.29 is 17.6 Å². The fourth-order valence-corrected chi connectivity index (χ4v) is 4.58. The van der Waals surface area contributed by atoms with E-state index in [-0.39, 0.29) is 5.82 Å². The van der Waals surface area contributed by atoms with Crippen LogP contribution in [0.25, 0.3) is 5.69 Å². The van der Waals surface area contributed by atoms with Crippen molar-refractivity contribution in [1.29, 1.82) is 0 Å². The minimum Gasteiger partial charge on any atom is -0.351 e. The Labute approximate surface area is 198 Å². The molecular weight excluding hydrogens is 464 g/mol. The molecule has 2 aromatic carbocycles. The Balaban J connectivity index is 1.66. The van der Waals surface area contributed by atoms with Crippen molar-refractivity contribution in [1.82, 2.24) is 14.9 Å². The van der Waals surface area contributed by atoms with Gasteiger partial charge in [0.05, 0.1) is 17.3 Å². The average Bonchev–Trinajstić information content (AvgIpc) is 3.44. The van der Waals surface area contributed by atoms with Crippen LogP contribution in [0.2, 0.25) is 0 Å². The molecule has 1 N–H and O–H groups in total. The zero-order chi connectivity index (χ0) is 23.9. The summed E-state index contributed by atoms with van der Waals surface area (Å²) >= 11 is 5.65. The van der Waals surface area contributed by atoms with Crippen molar-refractivity contribution in [3.63, 3.8) is 0 Å². The van der Waals surface area contributed by atoms with Crippen LogP contribution in [0.3, 0.4) is 0 Å². The summed E-state index contributed by atoms with van der Waals surface area (Å²) in [4.78, 5) is 6.32. The number of rotatable bonds is 4. The minimum absolute atomic E-state index is 0.367. The van der Waals surface area contributed by atoms with E-state index in [1.807, 2.05) is 23.1 Å². The Morgan fingerprint density at radius 1 is 0.882 bits per heavy atom. The lowest BCUT2D eigenvalue weighted by atomic mass is 10.0. The fraction of sp³-hybridized carbons (Fsp3) is 0.120. The van der Waals surface area contributed by atoms with E-state index in [9.17, 15) is 17.6 Å². The molecule has 9 heteroatoms. The Hall–Kier alpha value is -3.72. The van der Waals surface area contributed by atoms with Gasteiger partial charge in [0.15, 0.2) is 5.11 Å². The predicted molar refractivity (Wildman–Crippen MR) is 125 cm³/mol. The molecule has 5 rings (SSSR count). The van der Waals surface area contributed by atoms with Crippen molar-refractivity contribution in [2.24, 2.45) is 0 Å². The molecule has 0 saturated carbocycles. The molecule has 4 nitrogen and oxygen atoms in total. The molecule has 172 valence electrons.